The van der Waals surface area contributed by atoms with Gasteiger partial charge in [-0.05, 0) is 42.6 Å². The van der Waals surface area contributed by atoms with Gasteiger partial charge in [-0.2, -0.15) is 0 Å². The van der Waals surface area contributed by atoms with Crippen molar-refractivity contribution in [2.24, 2.45) is 17.8 Å². The molecule has 2 saturated heterocycles. The molecule has 5 amide bonds. The molecule has 5 atom stereocenters. The van der Waals surface area contributed by atoms with Gasteiger partial charge in [0.15, 0.2) is 6.10 Å². The monoisotopic (exact) mass is 655 g/mol. The van der Waals surface area contributed by atoms with E-state index in [1.807, 2.05) is 71.9 Å². The number of likely N-dealkylation sites (N-methyl/N-ethyl adjacent to an activating group) is 2. The second kappa shape index (κ2) is 16.7. The molecule has 2 aliphatic heterocycles. The third-order valence-electron chi connectivity index (χ3n) is 8.93. The minimum atomic E-state index is -1.16. The number of nitrogens with one attached hydrogen (secondary N) is 2. The Balaban J connectivity index is 2.05. The molecule has 1 aromatic carbocycles. The number of esters is 1. The first-order chi connectivity index (χ1) is 22.1. The van der Waals surface area contributed by atoms with Crippen molar-refractivity contribution in [1.29, 1.82) is 0 Å². The standard InChI is InChI=1S/C35H53N5O7/c1-21(2)19-27-33(44)39(8)30(23(5)6)34(45)38(7)29(22(3)4)32(43)37-25(20-24-13-10-9-11-14-24)31(42)36-17-16-28(41)40-18-12-15-26(40)35(46)47-27/h9-11,13-14,21-23,25-27,29-30H,12,15-20H2,1-8H3,(H,36,42)(H,37,43). The van der Waals surface area contributed by atoms with Gasteiger partial charge in [-0.25, -0.2) is 4.79 Å². The maximum atomic E-state index is 14.2. The number of hydrogen-bond acceptors (Lipinski definition) is 7. The van der Waals surface area contributed by atoms with Crippen molar-refractivity contribution in [3.63, 3.8) is 0 Å². The van der Waals surface area contributed by atoms with Gasteiger partial charge >= 0.3 is 5.97 Å². The predicted octanol–water partition coefficient (Wildman–Crippen LogP) is 2.15. The van der Waals surface area contributed by atoms with Crippen molar-refractivity contribution in [2.45, 2.75) is 104 Å². The van der Waals surface area contributed by atoms with Crippen LogP contribution in [0.2, 0.25) is 0 Å². The number of hydrogen-bond donors (Lipinski definition) is 2. The molecule has 2 N–H and O–H groups in total. The van der Waals surface area contributed by atoms with E-state index in [4.69, 9.17) is 4.74 Å². The minimum Gasteiger partial charge on any atom is -0.451 e. The van der Waals surface area contributed by atoms with Crippen LogP contribution in [0, 0.1) is 17.8 Å². The molecule has 5 unspecified atom stereocenters. The second-order valence-corrected chi connectivity index (χ2v) is 13.9. The summed E-state index contributed by atoms with van der Waals surface area (Å²) in [6.07, 6.45) is 0.205. The van der Waals surface area contributed by atoms with Gasteiger partial charge in [-0.3, -0.25) is 24.0 Å². The van der Waals surface area contributed by atoms with Gasteiger partial charge in [-0.15, -0.1) is 0 Å². The number of rotatable bonds is 6. The summed E-state index contributed by atoms with van der Waals surface area (Å²) in [5.41, 5.74) is 0.822. The number of carbonyl (C=O) groups excluding carboxylic acids is 6. The summed E-state index contributed by atoms with van der Waals surface area (Å²) in [6, 6.07) is 5.49. The molecule has 260 valence electrons. The van der Waals surface area contributed by atoms with Crippen LogP contribution in [-0.2, 0) is 39.9 Å². The lowest BCUT2D eigenvalue weighted by Gasteiger charge is -2.38. The predicted molar refractivity (Wildman–Crippen MR) is 177 cm³/mol. The van der Waals surface area contributed by atoms with E-state index in [-0.39, 0.29) is 49.5 Å². The Morgan fingerprint density at radius 1 is 0.830 bits per heavy atom. The van der Waals surface area contributed by atoms with Gasteiger partial charge < -0.3 is 30.1 Å². The molecular weight excluding hydrogens is 602 g/mol. The van der Waals surface area contributed by atoms with Crippen LogP contribution < -0.4 is 10.6 Å². The van der Waals surface area contributed by atoms with Gasteiger partial charge in [0.05, 0.1) is 0 Å². The van der Waals surface area contributed by atoms with Crippen LogP contribution in [0.25, 0.3) is 0 Å². The van der Waals surface area contributed by atoms with Gasteiger partial charge in [0.25, 0.3) is 5.91 Å². The first-order valence-electron chi connectivity index (χ1n) is 16.8. The van der Waals surface area contributed by atoms with Crippen molar-refractivity contribution < 1.29 is 33.5 Å². The summed E-state index contributed by atoms with van der Waals surface area (Å²) >= 11 is 0. The van der Waals surface area contributed by atoms with E-state index >= 15 is 0 Å². The Morgan fingerprint density at radius 2 is 1.45 bits per heavy atom. The minimum absolute atomic E-state index is 0.00157. The number of cyclic esters (lactones) is 1. The van der Waals surface area contributed by atoms with Crippen LogP contribution in [0.4, 0.5) is 0 Å². The highest BCUT2D eigenvalue weighted by atomic mass is 16.6. The van der Waals surface area contributed by atoms with E-state index in [0.717, 1.165) is 5.56 Å². The largest absolute Gasteiger partial charge is 0.451 e. The Labute approximate surface area is 278 Å². The maximum Gasteiger partial charge on any atom is 0.329 e. The molecule has 0 bridgehead atoms. The molecule has 0 radical (unpaired) electrons. The zero-order valence-corrected chi connectivity index (χ0v) is 29.2. The van der Waals surface area contributed by atoms with E-state index in [2.05, 4.69) is 10.6 Å². The number of ether oxygens (including phenoxy) is 1. The third-order valence-corrected chi connectivity index (χ3v) is 8.93. The number of fused-ring (bicyclic) bond motifs is 1. The Hall–Kier alpha value is -3.96. The Bertz CT molecular complexity index is 1280. The normalized spacial score (nSPS) is 26.2. The highest BCUT2D eigenvalue weighted by Crippen LogP contribution is 2.24. The first-order valence-corrected chi connectivity index (χ1v) is 16.8. The van der Waals surface area contributed by atoms with Gasteiger partial charge in [0, 0.05) is 40.0 Å². The molecule has 2 fully saturated rings. The molecule has 1 aromatic rings. The van der Waals surface area contributed by atoms with Crippen molar-refractivity contribution in [3.05, 3.63) is 35.9 Å². The molecule has 47 heavy (non-hydrogen) atoms. The fourth-order valence-electron chi connectivity index (χ4n) is 6.57. The summed E-state index contributed by atoms with van der Waals surface area (Å²) in [5.74, 6) is -3.63. The number of amides is 5. The van der Waals surface area contributed by atoms with E-state index < -0.39 is 59.9 Å². The quantitative estimate of drug-likeness (QED) is 0.447. The summed E-state index contributed by atoms with van der Waals surface area (Å²) in [4.78, 5) is 86.5. The molecule has 3 rings (SSSR count). The average Bonchev–Trinajstić information content (AvgIpc) is 3.50. The lowest BCUT2D eigenvalue weighted by Crippen LogP contribution is -2.60. The zero-order chi connectivity index (χ0) is 35.0. The Morgan fingerprint density at radius 3 is 2.04 bits per heavy atom. The van der Waals surface area contributed by atoms with E-state index in [1.165, 1.54) is 28.8 Å². The summed E-state index contributed by atoms with van der Waals surface area (Å²) in [5, 5.41) is 5.66. The number of benzene rings is 1. The van der Waals surface area contributed by atoms with Crippen molar-refractivity contribution in [1.82, 2.24) is 25.3 Å². The topological polar surface area (TPSA) is 145 Å². The van der Waals surface area contributed by atoms with Crippen molar-refractivity contribution in [3.8, 4) is 0 Å². The van der Waals surface area contributed by atoms with E-state index in [9.17, 15) is 28.8 Å². The van der Waals surface area contributed by atoms with Crippen LogP contribution in [0.3, 0.4) is 0 Å². The van der Waals surface area contributed by atoms with Crippen molar-refractivity contribution >= 4 is 35.5 Å². The molecule has 0 aliphatic carbocycles. The average molecular weight is 656 g/mol. The fraction of sp³-hybridized carbons (Fsp3) is 0.657. The third kappa shape index (κ3) is 9.54. The Kier molecular flexibility index (Phi) is 13.4. The zero-order valence-electron chi connectivity index (χ0n) is 29.2. The first kappa shape index (κ1) is 37.5. The molecule has 0 aromatic heterocycles. The van der Waals surface area contributed by atoms with Crippen LogP contribution in [-0.4, -0.2) is 108 Å². The SMILES string of the molecule is CC(C)CC1OC(=O)C2CCCN2C(=O)CCNC(=O)C(Cc2ccccc2)NC(=O)C(C(C)C)N(C)C(=O)C(C(C)C)N(C)C1=O. The molecule has 12 heteroatoms. The van der Waals surface area contributed by atoms with Crippen LogP contribution in [0.5, 0.6) is 0 Å². The molecule has 2 aliphatic rings. The molecule has 2 heterocycles. The van der Waals surface area contributed by atoms with E-state index in [1.54, 1.807) is 0 Å². The number of carbonyl (C=O) groups is 6. The molecular formula is C35H53N5O7. The smallest absolute Gasteiger partial charge is 0.329 e. The van der Waals surface area contributed by atoms with Crippen LogP contribution in [0.15, 0.2) is 30.3 Å². The van der Waals surface area contributed by atoms with Gasteiger partial charge in [0.1, 0.15) is 24.2 Å². The lowest BCUT2D eigenvalue weighted by molar-refractivity contribution is -0.168. The summed E-state index contributed by atoms with van der Waals surface area (Å²) in [7, 11) is 3.04. The lowest BCUT2D eigenvalue weighted by atomic mass is 9.95. The van der Waals surface area contributed by atoms with Crippen LogP contribution in [0.1, 0.15) is 72.8 Å². The fourth-order valence-corrected chi connectivity index (χ4v) is 6.57. The highest BCUT2D eigenvalue weighted by Gasteiger charge is 2.42. The second-order valence-electron chi connectivity index (χ2n) is 13.9. The van der Waals surface area contributed by atoms with E-state index in [0.29, 0.717) is 19.4 Å². The number of nitrogens with zero attached hydrogens (tertiary/aromatic N) is 3. The van der Waals surface area contributed by atoms with Gasteiger partial charge in [-0.1, -0.05) is 71.9 Å². The maximum absolute atomic E-state index is 14.2. The van der Waals surface area contributed by atoms with Crippen molar-refractivity contribution in [2.75, 3.05) is 27.2 Å². The van der Waals surface area contributed by atoms with Gasteiger partial charge in [0.2, 0.25) is 23.6 Å². The summed E-state index contributed by atoms with van der Waals surface area (Å²) < 4.78 is 5.84. The molecule has 0 saturated carbocycles. The highest BCUT2D eigenvalue weighted by molar-refractivity contribution is 5.95. The summed E-state index contributed by atoms with van der Waals surface area (Å²) in [6.45, 7) is 11.4. The molecule has 0 spiro atoms. The molecule has 12 nitrogen and oxygen atoms in total. The van der Waals surface area contributed by atoms with Crippen LogP contribution >= 0.6 is 0 Å².